The Bertz CT molecular complexity index is 311. The number of ether oxygens (including phenoxy) is 1. The van der Waals surface area contributed by atoms with Gasteiger partial charge < -0.3 is 10.1 Å². The van der Waals surface area contributed by atoms with E-state index in [1.165, 1.54) is 5.69 Å². The van der Waals surface area contributed by atoms with E-state index in [4.69, 9.17) is 4.74 Å². The third-order valence-corrected chi connectivity index (χ3v) is 3.04. The van der Waals surface area contributed by atoms with Crippen LogP contribution in [0.1, 0.15) is 45.3 Å². The number of likely N-dealkylation sites (N-methyl/N-ethyl adjacent to an activating group) is 1. The standard InChI is InChI=1S/C13H25N3O/c1-5-8-12(17-4)13(14-6-2)11-9-10-15-16(11)7-3/h9-10,12-14H,5-8H2,1-4H3. The van der Waals surface area contributed by atoms with Crippen molar-refractivity contribution in [1.82, 2.24) is 15.1 Å². The fraction of sp³-hybridized carbons (Fsp3) is 0.769. The molecule has 0 aromatic carbocycles. The lowest BCUT2D eigenvalue weighted by molar-refractivity contribution is 0.0583. The summed E-state index contributed by atoms with van der Waals surface area (Å²) in [6, 6.07) is 2.31. The van der Waals surface area contributed by atoms with Crippen molar-refractivity contribution in [2.45, 2.75) is 52.3 Å². The molecule has 0 spiro atoms. The molecule has 0 bridgehead atoms. The molecule has 2 atom stereocenters. The molecule has 0 saturated heterocycles. The van der Waals surface area contributed by atoms with E-state index in [9.17, 15) is 0 Å². The average Bonchev–Trinajstić information content (AvgIpc) is 2.81. The maximum atomic E-state index is 5.63. The van der Waals surface area contributed by atoms with Crippen molar-refractivity contribution in [3.05, 3.63) is 18.0 Å². The van der Waals surface area contributed by atoms with Crippen LogP contribution < -0.4 is 5.32 Å². The van der Waals surface area contributed by atoms with Crippen LogP contribution in [0.15, 0.2) is 12.3 Å². The minimum Gasteiger partial charge on any atom is -0.379 e. The number of aryl methyl sites for hydroxylation is 1. The zero-order valence-electron chi connectivity index (χ0n) is 11.4. The topological polar surface area (TPSA) is 39.1 Å². The minimum atomic E-state index is 0.210. The highest BCUT2D eigenvalue weighted by molar-refractivity contribution is 5.09. The first-order valence-electron chi connectivity index (χ1n) is 6.56. The van der Waals surface area contributed by atoms with Crippen LogP contribution in [-0.4, -0.2) is 29.5 Å². The van der Waals surface area contributed by atoms with Gasteiger partial charge in [0.1, 0.15) is 0 Å². The second-order valence-electron chi connectivity index (χ2n) is 4.17. The first kappa shape index (κ1) is 14.2. The number of rotatable bonds is 8. The van der Waals surface area contributed by atoms with E-state index in [1.807, 2.05) is 10.9 Å². The number of aromatic nitrogens is 2. The van der Waals surface area contributed by atoms with E-state index in [2.05, 4.69) is 37.3 Å². The largest absolute Gasteiger partial charge is 0.379 e. The van der Waals surface area contributed by atoms with E-state index < -0.39 is 0 Å². The molecule has 0 aliphatic heterocycles. The van der Waals surface area contributed by atoms with Crippen molar-refractivity contribution < 1.29 is 4.74 Å². The van der Waals surface area contributed by atoms with Gasteiger partial charge in [-0.1, -0.05) is 20.3 Å². The highest BCUT2D eigenvalue weighted by Gasteiger charge is 2.24. The Hall–Kier alpha value is -0.870. The monoisotopic (exact) mass is 239 g/mol. The quantitative estimate of drug-likeness (QED) is 0.757. The van der Waals surface area contributed by atoms with Gasteiger partial charge in [0.15, 0.2) is 0 Å². The fourth-order valence-electron chi connectivity index (χ4n) is 2.22. The van der Waals surface area contributed by atoms with Gasteiger partial charge in [0.2, 0.25) is 0 Å². The molecule has 1 aromatic rings. The Morgan fingerprint density at radius 3 is 2.71 bits per heavy atom. The number of nitrogens with zero attached hydrogens (tertiary/aromatic N) is 2. The Kier molecular flexibility index (Phi) is 6.22. The summed E-state index contributed by atoms with van der Waals surface area (Å²) in [5, 5.41) is 7.85. The Morgan fingerprint density at radius 2 is 2.18 bits per heavy atom. The fourth-order valence-corrected chi connectivity index (χ4v) is 2.22. The second-order valence-corrected chi connectivity index (χ2v) is 4.17. The lowest BCUT2D eigenvalue weighted by atomic mass is 10.0. The van der Waals surface area contributed by atoms with Gasteiger partial charge in [0.25, 0.3) is 0 Å². The van der Waals surface area contributed by atoms with Crippen LogP contribution in [0.2, 0.25) is 0 Å². The van der Waals surface area contributed by atoms with E-state index >= 15 is 0 Å². The summed E-state index contributed by atoms with van der Waals surface area (Å²) >= 11 is 0. The van der Waals surface area contributed by atoms with Gasteiger partial charge in [-0.2, -0.15) is 5.10 Å². The van der Waals surface area contributed by atoms with Gasteiger partial charge in [-0.05, 0) is 26.0 Å². The summed E-state index contributed by atoms with van der Waals surface area (Å²) in [7, 11) is 1.79. The lowest BCUT2D eigenvalue weighted by Crippen LogP contribution is -2.35. The maximum absolute atomic E-state index is 5.63. The van der Waals surface area contributed by atoms with Crippen molar-refractivity contribution in [2.75, 3.05) is 13.7 Å². The summed E-state index contributed by atoms with van der Waals surface area (Å²) < 4.78 is 7.66. The molecule has 1 heterocycles. The van der Waals surface area contributed by atoms with Gasteiger partial charge >= 0.3 is 0 Å². The summed E-state index contributed by atoms with van der Waals surface area (Å²) in [4.78, 5) is 0. The SMILES string of the molecule is CCCC(OC)C(NCC)c1ccnn1CC. The van der Waals surface area contributed by atoms with Crippen LogP contribution in [0, 0.1) is 0 Å². The van der Waals surface area contributed by atoms with E-state index in [1.54, 1.807) is 7.11 Å². The zero-order valence-corrected chi connectivity index (χ0v) is 11.4. The highest BCUT2D eigenvalue weighted by Crippen LogP contribution is 2.22. The molecule has 0 saturated carbocycles. The van der Waals surface area contributed by atoms with Gasteiger partial charge in [0.05, 0.1) is 17.8 Å². The van der Waals surface area contributed by atoms with Gasteiger partial charge in [-0.3, -0.25) is 4.68 Å². The Morgan fingerprint density at radius 1 is 1.41 bits per heavy atom. The average molecular weight is 239 g/mol. The van der Waals surface area contributed by atoms with Gasteiger partial charge in [-0.15, -0.1) is 0 Å². The van der Waals surface area contributed by atoms with Crippen LogP contribution in [0.3, 0.4) is 0 Å². The van der Waals surface area contributed by atoms with Crippen LogP contribution in [-0.2, 0) is 11.3 Å². The first-order chi connectivity index (χ1) is 8.28. The molecule has 0 radical (unpaired) electrons. The third kappa shape index (κ3) is 3.54. The normalized spacial score (nSPS) is 14.8. The highest BCUT2D eigenvalue weighted by atomic mass is 16.5. The molecule has 1 rings (SSSR count). The molecule has 0 amide bonds. The summed E-state index contributed by atoms with van der Waals surface area (Å²) in [6.45, 7) is 8.25. The Labute approximate surface area is 104 Å². The number of hydrogen-bond donors (Lipinski definition) is 1. The molecule has 0 aliphatic carbocycles. The molecule has 2 unspecified atom stereocenters. The molecule has 0 aliphatic rings. The number of methoxy groups -OCH3 is 1. The molecule has 1 aromatic heterocycles. The first-order valence-corrected chi connectivity index (χ1v) is 6.56. The zero-order chi connectivity index (χ0) is 12.7. The molecular weight excluding hydrogens is 214 g/mol. The molecule has 4 nitrogen and oxygen atoms in total. The number of nitrogens with one attached hydrogen (secondary N) is 1. The minimum absolute atomic E-state index is 0.210. The van der Waals surface area contributed by atoms with Crippen molar-refractivity contribution in [1.29, 1.82) is 0 Å². The number of hydrogen-bond acceptors (Lipinski definition) is 3. The molecule has 17 heavy (non-hydrogen) atoms. The van der Waals surface area contributed by atoms with Crippen LogP contribution in [0.5, 0.6) is 0 Å². The molecule has 0 fully saturated rings. The van der Waals surface area contributed by atoms with Crippen LogP contribution in [0.25, 0.3) is 0 Å². The van der Waals surface area contributed by atoms with Crippen molar-refractivity contribution >= 4 is 0 Å². The molecule has 98 valence electrons. The van der Waals surface area contributed by atoms with Gasteiger partial charge in [-0.25, -0.2) is 0 Å². The van der Waals surface area contributed by atoms with Gasteiger partial charge in [0, 0.05) is 19.9 Å². The predicted octanol–water partition coefficient (Wildman–Crippen LogP) is 2.37. The molecule has 1 N–H and O–H groups in total. The summed E-state index contributed by atoms with van der Waals surface area (Å²) in [5.74, 6) is 0. The lowest BCUT2D eigenvalue weighted by Gasteiger charge is -2.27. The van der Waals surface area contributed by atoms with Crippen LogP contribution >= 0.6 is 0 Å². The summed E-state index contributed by atoms with van der Waals surface area (Å²) in [6.07, 6.45) is 4.26. The van der Waals surface area contributed by atoms with E-state index in [0.29, 0.717) is 0 Å². The smallest absolute Gasteiger partial charge is 0.0781 e. The Balaban J connectivity index is 2.90. The van der Waals surface area contributed by atoms with Crippen LogP contribution in [0.4, 0.5) is 0 Å². The predicted molar refractivity (Wildman–Crippen MR) is 70.0 cm³/mol. The molecular formula is C13H25N3O. The maximum Gasteiger partial charge on any atom is 0.0781 e. The summed E-state index contributed by atoms with van der Waals surface area (Å²) in [5.41, 5.74) is 1.22. The van der Waals surface area contributed by atoms with Crippen molar-refractivity contribution in [3.63, 3.8) is 0 Å². The third-order valence-electron chi connectivity index (χ3n) is 3.04. The second kappa shape index (κ2) is 7.45. The van der Waals surface area contributed by atoms with E-state index in [-0.39, 0.29) is 12.1 Å². The van der Waals surface area contributed by atoms with E-state index in [0.717, 1.165) is 25.9 Å². The van der Waals surface area contributed by atoms with Crippen molar-refractivity contribution in [3.8, 4) is 0 Å². The molecule has 4 heteroatoms. The van der Waals surface area contributed by atoms with Crippen molar-refractivity contribution in [2.24, 2.45) is 0 Å².